The van der Waals surface area contributed by atoms with Gasteiger partial charge in [0.15, 0.2) is 5.16 Å². The van der Waals surface area contributed by atoms with Crippen molar-refractivity contribution in [3.05, 3.63) is 65.1 Å². The number of aryl methyl sites for hydroxylation is 1. The van der Waals surface area contributed by atoms with Gasteiger partial charge >= 0.3 is 6.03 Å². The summed E-state index contributed by atoms with van der Waals surface area (Å²) in [7, 11) is 1.69. The molecule has 3 aromatic rings. The Balaban J connectivity index is 1.39. The molecule has 0 atom stereocenters. The molecule has 0 bridgehead atoms. The SMILES string of the molecule is CSc1ncc2c(n1)N(C)C(=O)N(c1cc(NC(=O)c3cccc(C4=NC(C)(C)CO4)c3)cnc1C)C2. The highest BCUT2D eigenvalue weighted by atomic mass is 32.2. The molecule has 0 spiro atoms. The molecule has 37 heavy (non-hydrogen) atoms. The highest BCUT2D eigenvalue weighted by Gasteiger charge is 2.32. The van der Waals surface area contributed by atoms with Gasteiger partial charge in [0, 0.05) is 29.9 Å². The molecule has 11 heteroatoms. The highest BCUT2D eigenvalue weighted by molar-refractivity contribution is 7.98. The summed E-state index contributed by atoms with van der Waals surface area (Å²) >= 11 is 1.42. The van der Waals surface area contributed by atoms with Crippen LogP contribution in [-0.2, 0) is 11.3 Å². The summed E-state index contributed by atoms with van der Waals surface area (Å²) in [5, 5.41) is 3.50. The molecule has 0 fully saturated rings. The van der Waals surface area contributed by atoms with Gasteiger partial charge in [-0.05, 0) is 51.3 Å². The number of anilines is 3. The van der Waals surface area contributed by atoms with Gasteiger partial charge < -0.3 is 10.1 Å². The Kier molecular flexibility index (Phi) is 6.32. The number of hydrogen-bond donors (Lipinski definition) is 1. The third-order valence-electron chi connectivity index (χ3n) is 6.11. The molecule has 0 unspecified atom stereocenters. The number of hydrogen-bond acceptors (Lipinski definition) is 8. The normalized spacial score (nSPS) is 16.2. The predicted molar refractivity (Wildman–Crippen MR) is 144 cm³/mol. The quantitative estimate of drug-likeness (QED) is 0.397. The molecule has 3 amide bonds. The van der Waals surface area contributed by atoms with Crippen molar-refractivity contribution in [1.29, 1.82) is 0 Å². The number of carbonyl (C=O) groups is 2. The zero-order valence-electron chi connectivity index (χ0n) is 21.3. The summed E-state index contributed by atoms with van der Waals surface area (Å²) in [4.78, 5) is 47.3. The molecule has 0 saturated carbocycles. The van der Waals surface area contributed by atoms with E-state index in [4.69, 9.17) is 4.74 Å². The molecule has 5 rings (SSSR count). The van der Waals surface area contributed by atoms with Crippen LogP contribution in [0.2, 0.25) is 0 Å². The van der Waals surface area contributed by atoms with E-state index >= 15 is 0 Å². The van der Waals surface area contributed by atoms with Gasteiger partial charge in [-0.15, -0.1) is 0 Å². The second-order valence-corrected chi connectivity index (χ2v) is 10.3. The van der Waals surface area contributed by atoms with Crippen molar-refractivity contribution in [2.75, 3.05) is 35.0 Å². The highest BCUT2D eigenvalue weighted by Crippen LogP contribution is 2.32. The van der Waals surface area contributed by atoms with Gasteiger partial charge in [0.2, 0.25) is 5.90 Å². The van der Waals surface area contributed by atoms with Gasteiger partial charge in [-0.1, -0.05) is 17.8 Å². The molecule has 0 aliphatic carbocycles. The van der Waals surface area contributed by atoms with Gasteiger partial charge in [0.25, 0.3) is 5.91 Å². The lowest BCUT2D eigenvalue weighted by Gasteiger charge is -2.34. The van der Waals surface area contributed by atoms with Crippen LogP contribution in [0.3, 0.4) is 0 Å². The summed E-state index contributed by atoms with van der Waals surface area (Å²) in [6.07, 6.45) is 5.21. The third kappa shape index (κ3) is 4.86. The second-order valence-electron chi connectivity index (χ2n) is 9.51. The van der Waals surface area contributed by atoms with Gasteiger partial charge in [0.05, 0.1) is 35.3 Å². The number of rotatable bonds is 5. The average Bonchev–Trinajstić information content (AvgIpc) is 3.27. The van der Waals surface area contributed by atoms with E-state index in [0.717, 1.165) is 11.1 Å². The van der Waals surface area contributed by atoms with Crippen LogP contribution in [0.25, 0.3) is 0 Å². The molecule has 1 N–H and O–H groups in total. The van der Waals surface area contributed by atoms with Crippen LogP contribution in [0, 0.1) is 6.92 Å². The number of carbonyl (C=O) groups excluding carboxylic acids is 2. The first-order valence-corrected chi connectivity index (χ1v) is 12.9. The Morgan fingerprint density at radius 3 is 2.73 bits per heavy atom. The van der Waals surface area contributed by atoms with E-state index in [1.165, 1.54) is 16.7 Å². The van der Waals surface area contributed by atoms with Crippen LogP contribution < -0.4 is 15.1 Å². The van der Waals surface area contributed by atoms with Crippen LogP contribution in [0.1, 0.15) is 41.0 Å². The Morgan fingerprint density at radius 1 is 1.19 bits per heavy atom. The van der Waals surface area contributed by atoms with Crippen molar-refractivity contribution >= 4 is 46.8 Å². The first kappa shape index (κ1) is 24.7. The number of thioether (sulfide) groups is 1. The number of fused-ring (bicyclic) bond motifs is 1. The van der Waals surface area contributed by atoms with E-state index in [1.807, 2.05) is 33.1 Å². The van der Waals surface area contributed by atoms with Crippen LogP contribution >= 0.6 is 11.8 Å². The molecule has 10 nitrogen and oxygen atoms in total. The molecule has 4 heterocycles. The molecule has 0 radical (unpaired) electrons. The van der Waals surface area contributed by atoms with E-state index in [1.54, 1.807) is 48.6 Å². The van der Waals surface area contributed by atoms with Crippen LogP contribution in [0.4, 0.5) is 22.0 Å². The standard InChI is InChI=1S/C26H27N7O3S/c1-15-20(33-13-18-11-28-24(37-5)30-21(18)32(4)25(33)35)10-19(12-27-15)29-22(34)16-7-6-8-17(9-16)23-31-26(2,3)14-36-23/h6-12H,13-14H2,1-5H3,(H,29,34). The zero-order chi connectivity index (χ0) is 26.3. The Labute approximate surface area is 219 Å². The van der Waals surface area contributed by atoms with E-state index < -0.39 is 0 Å². The van der Waals surface area contributed by atoms with E-state index in [9.17, 15) is 9.59 Å². The van der Waals surface area contributed by atoms with E-state index in [0.29, 0.717) is 52.7 Å². The monoisotopic (exact) mass is 517 g/mol. The van der Waals surface area contributed by atoms with Gasteiger partial charge in [-0.2, -0.15) is 0 Å². The van der Waals surface area contributed by atoms with Crippen LogP contribution in [-0.4, -0.2) is 58.2 Å². The minimum atomic E-state index is -0.304. The molecule has 0 saturated heterocycles. The molecular formula is C26H27N7O3S. The number of pyridine rings is 1. The third-order valence-corrected chi connectivity index (χ3v) is 6.67. The topological polar surface area (TPSA) is 113 Å². The lowest BCUT2D eigenvalue weighted by molar-refractivity contribution is 0.102. The number of ether oxygens (including phenoxy) is 1. The minimum absolute atomic E-state index is 0.236. The Morgan fingerprint density at radius 2 is 2.00 bits per heavy atom. The van der Waals surface area contributed by atoms with Crippen molar-refractivity contribution < 1.29 is 14.3 Å². The molecule has 190 valence electrons. The first-order valence-electron chi connectivity index (χ1n) is 11.7. The summed E-state index contributed by atoms with van der Waals surface area (Å²) in [5.41, 5.74) is 3.47. The maximum absolute atomic E-state index is 13.3. The molecule has 1 aromatic carbocycles. The molecule has 2 aliphatic heterocycles. The summed E-state index contributed by atoms with van der Waals surface area (Å²) in [6, 6.07) is 8.66. The fraction of sp³-hybridized carbons (Fsp3) is 0.308. The number of urea groups is 1. The second kappa shape index (κ2) is 9.47. The van der Waals surface area contributed by atoms with Gasteiger partial charge in [-0.25, -0.2) is 19.8 Å². The van der Waals surface area contributed by atoms with Crippen molar-refractivity contribution in [3.8, 4) is 0 Å². The molecular weight excluding hydrogens is 490 g/mol. The van der Waals surface area contributed by atoms with Crippen LogP contribution in [0.15, 0.2) is 52.9 Å². The summed E-state index contributed by atoms with van der Waals surface area (Å²) in [5.74, 6) is 0.817. The lowest BCUT2D eigenvalue weighted by Crippen LogP contribution is -2.46. The van der Waals surface area contributed by atoms with Crippen molar-refractivity contribution in [3.63, 3.8) is 0 Å². The number of nitrogens with one attached hydrogen (secondary N) is 1. The fourth-order valence-electron chi connectivity index (χ4n) is 4.17. The number of nitrogens with zero attached hydrogens (tertiary/aromatic N) is 6. The summed E-state index contributed by atoms with van der Waals surface area (Å²) < 4.78 is 5.72. The van der Waals surface area contributed by atoms with Crippen molar-refractivity contribution in [1.82, 2.24) is 15.0 Å². The fourth-order valence-corrected chi connectivity index (χ4v) is 4.51. The first-order chi connectivity index (χ1) is 17.6. The maximum atomic E-state index is 13.3. The zero-order valence-corrected chi connectivity index (χ0v) is 22.1. The molecule has 2 aromatic heterocycles. The largest absolute Gasteiger partial charge is 0.475 e. The minimum Gasteiger partial charge on any atom is -0.475 e. The number of amides is 3. The van der Waals surface area contributed by atoms with Crippen molar-refractivity contribution in [2.24, 2.45) is 4.99 Å². The number of aromatic nitrogens is 3. The van der Waals surface area contributed by atoms with Crippen LogP contribution in [0.5, 0.6) is 0 Å². The van der Waals surface area contributed by atoms with Gasteiger partial charge in [0.1, 0.15) is 12.4 Å². The average molecular weight is 518 g/mol. The summed E-state index contributed by atoms with van der Waals surface area (Å²) in [6.45, 7) is 6.61. The smallest absolute Gasteiger partial charge is 0.330 e. The van der Waals surface area contributed by atoms with E-state index in [2.05, 4.69) is 25.3 Å². The lowest BCUT2D eigenvalue weighted by atomic mass is 10.1. The van der Waals surface area contributed by atoms with Crippen molar-refractivity contribution in [2.45, 2.75) is 38.0 Å². The number of benzene rings is 1. The van der Waals surface area contributed by atoms with E-state index in [-0.39, 0.29) is 17.5 Å². The maximum Gasteiger partial charge on any atom is 0.330 e. The Hall–Kier alpha value is -3.99. The number of aliphatic imine (C=N–C) groups is 1. The molecule has 2 aliphatic rings. The Bertz CT molecular complexity index is 1440. The predicted octanol–water partition coefficient (Wildman–Crippen LogP) is 4.29. The van der Waals surface area contributed by atoms with Gasteiger partial charge in [-0.3, -0.25) is 19.6 Å².